The molecule has 2 fully saturated rings. The van der Waals surface area contributed by atoms with Crippen LogP contribution in [0, 0.1) is 11.8 Å². The van der Waals surface area contributed by atoms with E-state index in [9.17, 15) is 9.59 Å². The van der Waals surface area contributed by atoms with Gasteiger partial charge in [-0.05, 0) is 38.5 Å². The van der Waals surface area contributed by atoms with Crippen LogP contribution in [0.4, 0.5) is 0 Å². The summed E-state index contributed by atoms with van der Waals surface area (Å²) in [5.74, 6) is 0.613. The summed E-state index contributed by atoms with van der Waals surface area (Å²) in [6, 6.07) is 0. The molecule has 0 bridgehead atoms. The van der Waals surface area contributed by atoms with E-state index in [-0.39, 0.29) is 17.7 Å². The fourth-order valence-electron chi connectivity index (χ4n) is 3.85. The van der Waals surface area contributed by atoms with Crippen LogP contribution in [0.5, 0.6) is 0 Å². The third kappa shape index (κ3) is 4.97. The molecular formula is C17H31N3O2. The molecule has 22 heavy (non-hydrogen) atoms. The Morgan fingerprint density at radius 1 is 1.05 bits per heavy atom. The zero-order valence-corrected chi connectivity index (χ0v) is 13.8. The number of hydrogen-bond acceptors (Lipinski definition) is 3. The Morgan fingerprint density at radius 2 is 1.68 bits per heavy atom. The van der Waals surface area contributed by atoms with Crippen molar-refractivity contribution in [3.8, 4) is 0 Å². The van der Waals surface area contributed by atoms with Gasteiger partial charge in [0.2, 0.25) is 11.8 Å². The van der Waals surface area contributed by atoms with E-state index in [1.54, 1.807) is 0 Å². The molecule has 0 heterocycles. The molecule has 0 radical (unpaired) electrons. The molecule has 2 unspecified atom stereocenters. The average Bonchev–Trinajstić information content (AvgIpc) is 2.95. The highest BCUT2D eigenvalue weighted by Crippen LogP contribution is 2.31. The van der Waals surface area contributed by atoms with Crippen LogP contribution in [0.25, 0.3) is 0 Å². The highest BCUT2D eigenvalue weighted by Gasteiger charge is 2.37. The molecule has 5 heteroatoms. The first-order valence-electron chi connectivity index (χ1n) is 8.82. The lowest BCUT2D eigenvalue weighted by Crippen LogP contribution is -2.53. The lowest BCUT2D eigenvalue weighted by Gasteiger charge is -2.37. The summed E-state index contributed by atoms with van der Waals surface area (Å²) in [4.78, 5) is 24.0. The molecule has 2 amide bonds. The van der Waals surface area contributed by atoms with Crippen LogP contribution in [0.2, 0.25) is 0 Å². The van der Waals surface area contributed by atoms with E-state index in [0.29, 0.717) is 25.4 Å². The molecule has 0 aromatic carbocycles. The standard InChI is InChI=1S/C17H31N3O2/c1-17(18)9-5-4-8-14(17)16(22)20-11-10-19-15(21)12-13-6-2-3-7-13/h13-14H,2-12,18H2,1H3,(H,19,21)(H,20,22). The monoisotopic (exact) mass is 309 g/mol. The Kier molecular flexibility index (Phi) is 6.24. The smallest absolute Gasteiger partial charge is 0.225 e. The maximum Gasteiger partial charge on any atom is 0.225 e. The lowest BCUT2D eigenvalue weighted by molar-refractivity contribution is -0.128. The van der Waals surface area contributed by atoms with Gasteiger partial charge in [-0.2, -0.15) is 0 Å². The maximum atomic E-state index is 12.2. The molecule has 5 nitrogen and oxygen atoms in total. The zero-order valence-electron chi connectivity index (χ0n) is 13.8. The molecule has 0 saturated heterocycles. The summed E-state index contributed by atoms with van der Waals surface area (Å²) in [7, 11) is 0. The van der Waals surface area contributed by atoms with Crippen molar-refractivity contribution in [3.05, 3.63) is 0 Å². The van der Waals surface area contributed by atoms with Gasteiger partial charge in [-0.25, -0.2) is 0 Å². The fourth-order valence-corrected chi connectivity index (χ4v) is 3.85. The largest absolute Gasteiger partial charge is 0.354 e. The van der Waals surface area contributed by atoms with Gasteiger partial charge < -0.3 is 16.4 Å². The van der Waals surface area contributed by atoms with Crippen molar-refractivity contribution in [2.24, 2.45) is 17.6 Å². The zero-order chi connectivity index (χ0) is 16.0. The second kappa shape index (κ2) is 7.95. The summed E-state index contributed by atoms with van der Waals surface area (Å²) in [5, 5.41) is 5.83. The highest BCUT2D eigenvalue weighted by molar-refractivity contribution is 5.80. The Labute approximate surface area is 133 Å². The van der Waals surface area contributed by atoms with Gasteiger partial charge in [-0.15, -0.1) is 0 Å². The van der Waals surface area contributed by atoms with Crippen molar-refractivity contribution < 1.29 is 9.59 Å². The summed E-state index contributed by atoms with van der Waals surface area (Å²) in [5.41, 5.74) is 5.84. The molecule has 0 aromatic rings. The number of nitrogens with one attached hydrogen (secondary N) is 2. The third-order valence-electron chi connectivity index (χ3n) is 5.27. The van der Waals surface area contributed by atoms with Crippen molar-refractivity contribution in [1.29, 1.82) is 0 Å². The van der Waals surface area contributed by atoms with E-state index >= 15 is 0 Å². The first kappa shape index (κ1) is 17.3. The highest BCUT2D eigenvalue weighted by atomic mass is 16.2. The number of amides is 2. The molecule has 2 aliphatic rings. The number of carbonyl (C=O) groups excluding carboxylic acids is 2. The minimum absolute atomic E-state index is 0.0368. The van der Waals surface area contributed by atoms with Gasteiger partial charge in [0.1, 0.15) is 0 Å². The molecule has 126 valence electrons. The number of hydrogen-bond donors (Lipinski definition) is 3. The topological polar surface area (TPSA) is 84.2 Å². The molecule has 2 atom stereocenters. The Balaban J connectivity index is 1.61. The summed E-state index contributed by atoms with van der Waals surface area (Å²) < 4.78 is 0. The predicted octanol–water partition coefficient (Wildman–Crippen LogP) is 1.71. The third-order valence-corrected chi connectivity index (χ3v) is 5.27. The second-order valence-corrected chi connectivity index (χ2v) is 7.30. The van der Waals surface area contributed by atoms with Gasteiger partial charge in [0.05, 0.1) is 5.92 Å². The fraction of sp³-hybridized carbons (Fsp3) is 0.882. The van der Waals surface area contributed by atoms with Crippen LogP contribution in [0.15, 0.2) is 0 Å². The molecule has 2 saturated carbocycles. The van der Waals surface area contributed by atoms with Gasteiger partial charge >= 0.3 is 0 Å². The van der Waals surface area contributed by atoms with Crippen molar-refractivity contribution in [3.63, 3.8) is 0 Å². The van der Waals surface area contributed by atoms with Crippen LogP contribution < -0.4 is 16.4 Å². The average molecular weight is 309 g/mol. The maximum absolute atomic E-state index is 12.2. The first-order valence-corrected chi connectivity index (χ1v) is 8.82. The van der Waals surface area contributed by atoms with Crippen molar-refractivity contribution in [2.45, 2.75) is 70.3 Å². The van der Waals surface area contributed by atoms with E-state index in [4.69, 9.17) is 5.73 Å². The number of carbonyl (C=O) groups is 2. The molecule has 4 N–H and O–H groups in total. The van der Waals surface area contributed by atoms with Crippen molar-refractivity contribution in [2.75, 3.05) is 13.1 Å². The number of rotatable bonds is 6. The molecular weight excluding hydrogens is 278 g/mol. The minimum atomic E-state index is -0.395. The Hall–Kier alpha value is -1.10. The van der Waals surface area contributed by atoms with E-state index in [2.05, 4.69) is 10.6 Å². The number of nitrogens with two attached hydrogens (primary N) is 1. The molecule has 2 rings (SSSR count). The van der Waals surface area contributed by atoms with Crippen LogP contribution in [0.1, 0.15) is 64.7 Å². The molecule has 0 aliphatic heterocycles. The summed E-state index contributed by atoms with van der Waals surface area (Å²) >= 11 is 0. The van der Waals surface area contributed by atoms with E-state index in [1.807, 2.05) is 6.92 Å². The van der Waals surface area contributed by atoms with E-state index in [1.165, 1.54) is 25.7 Å². The van der Waals surface area contributed by atoms with Crippen LogP contribution >= 0.6 is 0 Å². The Morgan fingerprint density at radius 3 is 2.36 bits per heavy atom. The van der Waals surface area contributed by atoms with E-state index in [0.717, 1.165) is 25.7 Å². The minimum Gasteiger partial charge on any atom is -0.354 e. The van der Waals surface area contributed by atoms with Crippen LogP contribution in [-0.4, -0.2) is 30.4 Å². The normalized spacial score (nSPS) is 29.3. The van der Waals surface area contributed by atoms with E-state index < -0.39 is 5.54 Å². The lowest BCUT2D eigenvalue weighted by atomic mass is 9.74. The molecule has 2 aliphatic carbocycles. The Bertz CT molecular complexity index is 389. The quantitative estimate of drug-likeness (QED) is 0.653. The van der Waals surface area contributed by atoms with Gasteiger partial charge in [0.15, 0.2) is 0 Å². The van der Waals surface area contributed by atoms with Crippen molar-refractivity contribution in [1.82, 2.24) is 10.6 Å². The van der Waals surface area contributed by atoms with Gasteiger partial charge in [0, 0.05) is 25.0 Å². The summed E-state index contributed by atoms with van der Waals surface area (Å²) in [6.07, 6.45) is 9.47. The van der Waals surface area contributed by atoms with Crippen LogP contribution in [-0.2, 0) is 9.59 Å². The second-order valence-electron chi connectivity index (χ2n) is 7.30. The molecule has 0 aromatic heterocycles. The molecule has 0 spiro atoms. The van der Waals surface area contributed by atoms with Gasteiger partial charge in [-0.3, -0.25) is 9.59 Å². The SMILES string of the molecule is CC1(N)CCCCC1C(=O)NCCNC(=O)CC1CCCC1. The summed E-state index contributed by atoms with van der Waals surface area (Å²) in [6.45, 7) is 2.97. The van der Waals surface area contributed by atoms with Gasteiger partial charge in [-0.1, -0.05) is 25.7 Å². The first-order chi connectivity index (χ1) is 10.5. The predicted molar refractivity (Wildman–Crippen MR) is 87.1 cm³/mol. The van der Waals surface area contributed by atoms with Gasteiger partial charge in [0.25, 0.3) is 0 Å². The van der Waals surface area contributed by atoms with Crippen molar-refractivity contribution >= 4 is 11.8 Å². The van der Waals surface area contributed by atoms with Crippen LogP contribution in [0.3, 0.4) is 0 Å².